The molecule has 0 saturated carbocycles. The highest BCUT2D eigenvalue weighted by Gasteiger charge is 2.38. The predicted octanol–water partition coefficient (Wildman–Crippen LogP) is 7.94. The minimum absolute atomic E-state index is 0.0755. The van der Waals surface area contributed by atoms with Gasteiger partial charge in [0, 0.05) is 53.4 Å². The van der Waals surface area contributed by atoms with Crippen LogP contribution in [0.15, 0.2) is 66.7 Å². The van der Waals surface area contributed by atoms with Crippen molar-refractivity contribution in [1.29, 1.82) is 0 Å². The number of halogens is 4. The second-order valence-corrected chi connectivity index (χ2v) is 11.2. The lowest BCUT2D eigenvalue weighted by Crippen LogP contribution is -2.27. The molecule has 0 radical (unpaired) electrons. The average molecular weight is 578 g/mol. The van der Waals surface area contributed by atoms with Crippen molar-refractivity contribution < 1.29 is 13.6 Å². The van der Waals surface area contributed by atoms with Crippen LogP contribution in [0.2, 0.25) is 0 Å². The summed E-state index contributed by atoms with van der Waals surface area (Å²) in [4.78, 5) is 2.10. The molecule has 1 unspecified atom stereocenters. The van der Waals surface area contributed by atoms with E-state index in [-0.39, 0.29) is 25.0 Å². The van der Waals surface area contributed by atoms with Gasteiger partial charge < -0.3 is 19.3 Å². The van der Waals surface area contributed by atoms with E-state index >= 15 is 0 Å². The van der Waals surface area contributed by atoms with Crippen molar-refractivity contribution in [3.63, 3.8) is 0 Å². The number of hydrogen-bond donors (Lipinski definition) is 1. The Morgan fingerprint density at radius 3 is 1.97 bits per heavy atom. The zero-order valence-electron chi connectivity index (χ0n) is 19.2. The fourth-order valence-corrected chi connectivity index (χ4v) is 6.47. The van der Waals surface area contributed by atoms with E-state index in [9.17, 15) is 4.57 Å². The molecule has 1 atom stereocenters. The fourth-order valence-electron chi connectivity index (χ4n) is 3.79. The first-order valence-corrected chi connectivity index (χ1v) is 15.0. The quantitative estimate of drug-likeness (QED) is 0.147. The van der Waals surface area contributed by atoms with Crippen molar-refractivity contribution >= 4 is 76.1 Å². The number of nitrogens with zero attached hydrogens (tertiary/aromatic N) is 1. The Morgan fingerprint density at radius 2 is 1.37 bits per heavy atom. The largest absolute Gasteiger partial charge is 0.369 e. The van der Waals surface area contributed by atoms with Crippen molar-refractivity contribution in [1.82, 2.24) is 0 Å². The molecule has 0 aliphatic heterocycles. The fraction of sp³-hybridized carbons (Fsp3) is 0.360. The molecule has 1 N–H and O–H groups in total. The second-order valence-electron chi connectivity index (χ2n) is 7.61. The molecular formula is C25H29Cl4N2O3P. The van der Waals surface area contributed by atoms with Gasteiger partial charge in [0.1, 0.15) is 0 Å². The summed E-state index contributed by atoms with van der Waals surface area (Å²) in [5.41, 5.74) is 2.52. The minimum Gasteiger partial charge on any atom is -0.369 e. The van der Waals surface area contributed by atoms with Crippen LogP contribution in [0.4, 0.5) is 11.4 Å². The second kappa shape index (κ2) is 14.5. The first-order chi connectivity index (χ1) is 17.1. The van der Waals surface area contributed by atoms with Crippen LogP contribution in [0, 0.1) is 0 Å². The maximum Gasteiger partial charge on any atom is 0.357 e. The molecule has 3 aromatic rings. The van der Waals surface area contributed by atoms with Gasteiger partial charge in [-0.1, -0.05) is 48.5 Å². The lowest BCUT2D eigenvalue weighted by atomic mass is 10.1. The van der Waals surface area contributed by atoms with Gasteiger partial charge in [0.05, 0.1) is 13.2 Å². The number of rotatable bonds is 15. The molecule has 190 valence electrons. The number of anilines is 2. The molecule has 3 rings (SSSR count). The van der Waals surface area contributed by atoms with E-state index in [4.69, 9.17) is 55.5 Å². The number of hydrogen-bond acceptors (Lipinski definition) is 5. The van der Waals surface area contributed by atoms with Crippen molar-refractivity contribution in [2.75, 3.05) is 60.0 Å². The molecule has 0 aromatic heterocycles. The molecule has 5 nitrogen and oxygen atoms in total. The van der Waals surface area contributed by atoms with Gasteiger partial charge in [-0.3, -0.25) is 4.57 Å². The zero-order valence-corrected chi connectivity index (χ0v) is 23.1. The molecule has 3 aromatic carbocycles. The average Bonchev–Trinajstić information content (AvgIpc) is 2.89. The Kier molecular flexibility index (Phi) is 11.8. The smallest absolute Gasteiger partial charge is 0.357 e. The highest BCUT2D eigenvalue weighted by molar-refractivity contribution is 7.54. The van der Waals surface area contributed by atoms with E-state index in [1.807, 2.05) is 66.7 Å². The SMILES string of the molecule is O=P(OCCCl)(OCCCl)C(Nc1cccc2ccccc12)c1ccc(N(CCCl)CCCl)cc1. The Hall–Kier alpha value is -1.17. The number of alkyl halides is 4. The number of fused-ring (bicyclic) bond motifs is 1. The van der Waals surface area contributed by atoms with Gasteiger partial charge in [0.15, 0.2) is 5.78 Å². The van der Waals surface area contributed by atoms with E-state index in [0.29, 0.717) is 24.8 Å². The third-order valence-corrected chi connectivity index (χ3v) is 8.17. The molecule has 0 saturated heterocycles. The lowest BCUT2D eigenvalue weighted by molar-refractivity contribution is 0.216. The molecular weight excluding hydrogens is 549 g/mol. The van der Waals surface area contributed by atoms with Crippen molar-refractivity contribution in [3.05, 3.63) is 72.3 Å². The third-order valence-electron chi connectivity index (χ3n) is 5.38. The molecule has 0 spiro atoms. The van der Waals surface area contributed by atoms with Crippen LogP contribution in [0.25, 0.3) is 10.8 Å². The standard InChI is InChI=1S/C25H29Cl4N2O3P/c26-12-16-31(17-13-27)22-10-8-21(9-11-22)25(35(32,33-18-14-28)34-19-15-29)30-24-7-3-5-20-4-1-2-6-23(20)24/h1-11,25,30H,12-19H2. The van der Waals surface area contributed by atoms with Crippen LogP contribution in [0.1, 0.15) is 11.3 Å². The predicted molar refractivity (Wildman–Crippen MR) is 151 cm³/mol. The molecule has 0 heterocycles. The number of nitrogens with one attached hydrogen (secondary N) is 1. The maximum atomic E-state index is 14.1. The van der Waals surface area contributed by atoms with Gasteiger partial charge in [-0.15, -0.1) is 46.4 Å². The van der Waals surface area contributed by atoms with Crippen LogP contribution in [0.3, 0.4) is 0 Å². The lowest BCUT2D eigenvalue weighted by Gasteiger charge is -2.30. The minimum atomic E-state index is -3.73. The van der Waals surface area contributed by atoms with Crippen LogP contribution >= 0.6 is 54.0 Å². The monoisotopic (exact) mass is 576 g/mol. The summed E-state index contributed by atoms with van der Waals surface area (Å²) >= 11 is 23.7. The topological polar surface area (TPSA) is 50.8 Å². The summed E-state index contributed by atoms with van der Waals surface area (Å²) in [6.45, 7) is 1.49. The van der Waals surface area contributed by atoms with Crippen LogP contribution in [-0.4, -0.2) is 49.8 Å². The first-order valence-electron chi connectivity index (χ1n) is 11.3. The molecule has 0 aliphatic rings. The van der Waals surface area contributed by atoms with Gasteiger partial charge in [-0.05, 0) is 29.1 Å². The van der Waals surface area contributed by atoms with E-state index in [0.717, 1.165) is 27.7 Å². The van der Waals surface area contributed by atoms with E-state index in [1.165, 1.54) is 0 Å². The highest BCUT2D eigenvalue weighted by Crippen LogP contribution is 2.61. The Morgan fingerprint density at radius 1 is 0.771 bits per heavy atom. The van der Waals surface area contributed by atoms with E-state index in [2.05, 4.69) is 10.2 Å². The zero-order chi connectivity index (χ0) is 25.1. The van der Waals surface area contributed by atoms with E-state index in [1.54, 1.807) is 0 Å². The van der Waals surface area contributed by atoms with Crippen molar-refractivity contribution in [3.8, 4) is 0 Å². The summed E-state index contributed by atoms with van der Waals surface area (Å²) in [7, 11) is -3.73. The molecule has 10 heteroatoms. The van der Waals surface area contributed by atoms with Crippen molar-refractivity contribution in [2.45, 2.75) is 5.78 Å². The van der Waals surface area contributed by atoms with Crippen LogP contribution in [-0.2, 0) is 13.6 Å². The normalized spacial score (nSPS) is 12.6. The summed E-state index contributed by atoms with van der Waals surface area (Å²) in [6.07, 6.45) is 0. The maximum absolute atomic E-state index is 14.1. The van der Waals surface area contributed by atoms with Crippen molar-refractivity contribution in [2.24, 2.45) is 0 Å². The van der Waals surface area contributed by atoms with Gasteiger partial charge in [0.25, 0.3) is 0 Å². The first kappa shape index (κ1) is 28.4. The Labute approximate surface area is 227 Å². The van der Waals surface area contributed by atoms with E-state index < -0.39 is 13.4 Å². The summed E-state index contributed by atoms with van der Waals surface area (Å²) in [5, 5.41) is 5.49. The van der Waals surface area contributed by atoms with Gasteiger partial charge >= 0.3 is 7.60 Å². The Bertz CT molecular complexity index is 1080. The molecule has 0 amide bonds. The summed E-state index contributed by atoms with van der Waals surface area (Å²) in [6, 6.07) is 21.6. The van der Waals surface area contributed by atoms with Gasteiger partial charge in [-0.25, -0.2) is 0 Å². The molecule has 35 heavy (non-hydrogen) atoms. The summed E-state index contributed by atoms with van der Waals surface area (Å²) < 4.78 is 25.7. The highest BCUT2D eigenvalue weighted by atomic mass is 35.5. The van der Waals surface area contributed by atoms with Gasteiger partial charge in [-0.2, -0.15) is 0 Å². The molecule has 0 fully saturated rings. The van der Waals surface area contributed by atoms with Crippen LogP contribution < -0.4 is 10.2 Å². The molecule has 0 aliphatic carbocycles. The summed E-state index contributed by atoms with van der Waals surface area (Å²) in [5.74, 6) is 0.540. The Balaban J connectivity index is 2.04. The molecule has 0 bridgehead atoms. The van der Waals surface area contributed by atoms with Crippen LogP contribution in [0.5, 0.6) is 0 Å². The number of benzene rings is 3. The van der Waals surface area contributed by atoms with Gasteiger partial charge in [0.2, 0.25) is 0 Å². The third kappa shape index (κ3) is 7.66.